The zero-order chi connectivity index (χ0) is 14.3. The van der Waals surface area contributed by atoms with Crippen LogP contribution < -0.4 is 11.1 Å². The molecule has 0 atom stereocenters. The van der Waals surface area contributed by atoms with Crippen LogP contribution in [0.25, 0.3) is 0 Å². The van der Waals surface area contributed by atoms with Crippen molar-refractivity contribution in [3.8, 4) is 11.8 Å². The molecule has 1 amide bonds. The van der Waals surface area contributed by atoms with Gasteiger partial charge in [-0.15, -0.1) is 0 Å². The van der Waals surface area contributed by atoms with Gasteiger partial charge >= 0.3 is 0 Å². The Kier molecular flexibility index (Phi) is 6.11. The minimum Gasteiger partial charge on any atom is -0.326 e. The normalized spacial score (nSPS) is 9.95. The van der Waals surface area contributed by atoms with Crippen molar-refractivity contribution in [2.24, 2.45) is 11.7 Å². The number of hydrogen-bond donors (Lipinski definition) is 2. The largest absolute Gasteiger partial charge is 0.326 e. The lowest BCUT2D eigenvalue weighted by Gasteiger charge is -2.08. The second kappa shape index (κ2) is 7.60. The van der Waals surface area contributed by atoms with Crippen molar-refractivity contribution in [2.45, 2.75) is 33.6 Å². The molecule has 102 valence electrons. The molecule has 0 heterocycles. The maximum atomic E-state index is 11.8. The Hall–Kier alpha value is -1.79. The fourth-order valence-corrected chi connectivity index (χ4v) is 1.72. The number of anilines is 1. The molecule has 0 aliphatic rings. The molecule has 0 fully saturated rings. The van der Waals surface area contributed by atoms with Gasteiger partial charge in [0.25, 0.3) is 0 Å². The Morgan fingerprint density at radius 3 is 2.74 bits per heavy atom. The third-order valence-corrected chi connectivity index (χ3v) is 2.64. The molecule has 0 unspecified atom stereocenters. The van der Waals surface area contributed by atoms with Crippen LogP contribution in [0.15, 0.2) is 18.2 Å². The topological polar surface area (TPSA) is 55.1 Å². The lowest BCUT2D eigenvalue weighted by atomic mass is 10.1. The molecule has 0 aliphatic heterocycles. The first kappa shape index (κ1) is 15.3. The highest BCUT2D eigenvalue weighted by Crippen LogP contribution is 2.15. The molecule has 1 rings (SSSR count). The molecule has 3 heteroatoms. The van der Waals surface area contributed by atoms with Crippen molar-refractivity contribution in [2.75, 3.05) is 11.9 Å². The first-order valence-electron chi connectivity index (χ1n) is 6.61. The molecule has 0 aromatic heterocycles. The first-order chi connectivity index (χ1) is 9.01. The highest BCUT2D eigenvalue weighted by Gasteiger charge is 2.05. The van der Waals surface area contributed by atoms with E-state index in [1.165, 1.54) is 0 Å². The summed E-state index contributed by atoms with van der Waals surface area (Å²) in [6.45, 7) is 6.54. The number of amides is 1. The van der Waals surface area contributed by atoms with E-state index >= 15 is 0 Å². The molecule has 0 spiro atoms. The molecule has 0 radical (unpaired) electrons. The van der Waals surface area contributed by atoms with Crippen molar-refractivity contribution >= 4 is 11.6 Å². The van der Waals surface area contributed by atoms with Crippen molar-refractivity contribution < 1.29 is 4.79 Å². The van der Waals surface area contributed by atoms with Gasteiger partial charge in [-0.05, 0) is 43.0 Å². The quantitative estimate of drug-likeness (QED) is 0.816. The summed E-state index contributed by atoms with van der Waals surface area (Å²) in [4.78, 5) is 11.8. The molecule has 1 aromatic carbocycles. The van der Waals surface area contributed by atoms with Gasteiger partial charge in [0.15, 0.2) is 0 Å². The van der Waals surface area contributed by atoms with E-state index in [0.29, 0.717) is 18.9 Å². The van der Waals surface area contributed by atoms with E-state index in [2.05, 4.69) is 31.0 Å². The number of benzene rings is 1. The van der Waals surface area contributed by atoms with E-state index in [0.717, 1.165) is 23.2 Å². The summed E-state index contributed by atoms with van der Waals surface area (Å²) in [7, 11) is 0. The van der Waals surface area contributed by atoms with Gasteiger partial charge in [-0.2, -0.15) is 0 Å². The molecule has 0 bridgehead atoms. The fourth-order valence-electron chi connectivity index (χ4n) is 1.72. The van der Waals surface area contributed by atoms with Crippen LogP contribution in [0.1, 0.15) is 37.8 Å². The van der Waals surface area contributed by atoms with Gasteiger partial charge in [0, 0.05) is 17.7 Å². The Balaban J connectivity index is 2.72. The van der Waals surface area contributed by atoms with E-state index in [4.69, 9.17) is 5.73 Å². The lowest BCUT2D eigenvalue weighted by Crippen LogP contribution is -2.12. The van der Waals surface area contributed by atoms with E-state index in [1.54, 1.807) is 0 Å². The van der Waals surface area contributed by atoms with Crippen LogP contribution in [0.5, 0.6) is 0 Å². The Morgan fingerprint density at radius 1 is 1.37 bits per heavy atom. The number of nitrogens with one attached hydrogen (secondary N) is 1. The van der Waals surface area contributed by atoms with Crippen LogP contribution in [-0.4, -0.2) is 12.5 Å². The van der Waals surface area contributed by atoms with Crippen LogP contribution in [0.3, 0.4) is 0 Å². The number of aryl methyl sites for hydroxylation is 1. The van der Waals surface area contributed by atoms with Crippen LogP contribution in [-0.2, 0) is 4.79 Å². The number of nitrogens with two attached hydrogens (primary N) is 1. The van der Waals surface area contributed by atoms with Gasteiger partial charge in [0.1, 0.15) is 0 Å². The molecule has 0 aliphatic carbocycles. The van der Waals surface area contributed by atoms with Crippen LogP contribution in [0, 0.1) is 24.7 Å². The summed E-state index contributed by atoms with van der Waals surface area (Å²) in [5.74, 6) is 6.39. The summed E-state index contributed by atoms with van der Waals surface area (Å²) >= 11 is 0. The molecule has 3 N–H and O–H groups in total. The minimum absolute atomic E-state index is 0.0528. The van der Waals surface area contributed by atoms with Gasteiger partial charge in [-0.25, -0.2) is 0 Å². The number of carbonyl (C=O) groups is 1. The zero-order valence-corrected chi connectivity index (χ0v) is 11.9. The van der Waals surface area contributed by atoms with E-state index in [9.17, 15) is 4.79 Å². The average molecular weight is 258 g/mol. The van der Waals surface area contributed by atoms with Crippen LogP contribution >= 0.6 is 0 Å². The molecular formula is C16H22N2O. The van der Waals surface area contributed by atoms with Crippen molar-refractivity contribution in [1.82, 2.24) is 0 Å². The smallest absolute Gasteiger partial charge is 0.224 e. The monoisotopic (exact) mass is 258 g/mol. The maximum Gasteiger partial charge on any atom is 0.224 e. The van der Waals surface area contributed by atoms with Gasteiger partial charge < -0.3 is 11.1 Å². The summed E-state index contributed by atoms with van der Waals surface area (Å²) in [6, 6.07) is 5.80. The summed E-state index contributed by atoms with van der Waals surface area (Å²) < 4.78 is 0. The van der Waals surface area contributed by atoms with E-state index in [1.807, 2.05) is 25.1 Å². The van der Waals surface area contributed by atoms with E-state index in [-0.39, 0.29) is 5.91 Å². The molecule has 0 saturated heterocycles. The first-order valence-corrected chi connectivity index (χ1v) is 6.61. The van der Waals surface area contributed by atoms with Gasteiger partial charge in [0.2, 0.25) is 5.91 Å². The molecular weight excluding hydrogens is 236 g/mol. The molecule has 3 nitrogen and oxygen atoms in total. The number of rotatable bonds is 4. The fraction of sp³-hybridized carbons (Fsp3) is 0.438. The molecule has 0 saturated carbocycles. The predicted octanol–water partition coefficient (Wildman–Crippen LogP) is 2.68. The number of hydrogen-bond acceptors (Lipinski definition) is 2. The SMILES string of the molecule is Cc1cc(C#CCN)cc(NC(=O)CCC(C)C)c1. The van der Waals surface area contributed by atoms with Crippen LogP contribution in [0.4, 0.5) is 5.69 Å². The number of carbonyl (C=O) groups excluding carboxylic acids is 1. The van der Waals surface area contributed by atoms with Gasteiger partial charge in [0.05, 0.1) is 6.54 Å². The second-order valence-corrected chi connectivity index (χ2v) is 5.07. The summed E-state index contributed by atoms with van der Waals surface area (Å²) in [5, 5.41) is 2.92. The van der Waals surface area contributed by atoms with Gasteiger partial charge in [-0.1, -0.05) is 25.7 Å². The highest BCUT2D eigenvalue weighted by atomic mass is 16.1. The second-order valence-electron chi connectivity index (χ2n) is 5.07. The minimum atomic E-state index is 0.0528. The van der Waals surface area contributed by atoms with E-state index < -0.39 is 0 Å². The van der Waals surface area contributed by atoms with Crippen molar-refractivity contribution in [3.63, 3.8) is 0 Å². The van der Waals surface area contributed by atoms with Crippen molar-refractivity contribution in [3.05, 3.63) is 29.3 Å². The maximum absolute atomic E-state index is 11.8. The predicted molar refractivity (Wildman–Crippen MR) is 79.8 cm³/mol. The molecule has 19 heavy (non-hydrogen) atoms. The van der Waals surface area contributed by atoms with Crippen LogP contribution in [0.2, 0.25) is 0 Å². The highest BCUT2D eigenvalue weighted by molar-refractivity contribution is 5.91. The third-order valence-electron chi connectivity index (χ3n) is 2.64. The third kappa shape index (κ3) is 6.08. The molecule has 1 aromatic rings. The van der Waals surface area contributed by atoms with Gasteiger partial charge in [-0.3, -0.25) is 4.79 Å². The lowest BCUT2D eigenvalue weighted by molar-refractivity contribution is -0.116. The Morgan fingerprint density at radius 2 is 2.11 bits per heavy atom. The Bertz CT molecular complexity index is 495. The summed E-state index contributed by atoms with van der Waals surface area (Å²) in [6.07, 6.45) is 1.45. The Labute approximate surface area is 115 Å². The standard InChI is InChI=1S/C16H22N2O/c1-12(2)6-7-16(19)18-15-10-13(3)9-14(11-15)5-4-8-17/h9-12H,6-8,17H2,1-3H3,(H,18,19). The van der Waals surface area contributed by atoms with Crippen molar-refractivity contribution in [1.29, 1.82) is 0 Å². The summed E-state index contributed by atoms with van der Waals surface area (Å²) in [5.41, 5.74) is 8.11. The average Bonchev–Trinajstić information content (AvgIpc) is 2.33. The zero-order valence-electron chi connectivity index (χ0n) is 11.9.